The number of carbonyl (C=O) groups excluding carboxylic acids is 3. The summed E-state index contributed by atoms with van der Waals surface area (Å²) >= 11 is 1.42. The Morgan fingerprint density at radius 2 is 1.41 bits per heavy atom. The molecule has 2 unspecified atom stereocenters. The fourth-order valence-electron chi connectivity index (χ4n) is 5.28. The molecular formula is C41H54N2O9S2. The molecule has 3 rings (SSSR count). The Kier molecular flexibility index (Phi) is 16.5. The molecule has 0 saturated heterocycles. The quantitative estimate of drug-likeness (QED) is 0.0778. The summed E-state index contributed by atoms with van der Waals surface area (Å²) in [5.41, 5.74) is 1.42. The van der Waals surface area contributed by atoms with Gasteiger partial charge >= 0.3 is 5.97 Å². The van der Waals surface area contributed by atoms with Crippen LogP contribution >= 0.6 is 11.8 Å². The average Bonchev–Trinajstić information content (AvgIpc) is 3.11. The van der Waals surface area contributed by atoms with Crippen LogP contribution in [0.5, 0.6) is 0 Å². The summed E-state index contributed by atoms with van der Waals surface area (Å²) in [4.78, 5) is 52.0. The van der Waals surface area contributed by atoms with Gasteiger partial charge in [0, 0.05) is 39.7 Å². The van der Waals surface area contributed by atoms with E-state index in [1.165, 1.54) is 36.0 Å². The predicted octanol–water partition coefficient (Wildman–Crippen LogP) is 6.31. The van der Waals surface area contributed by atoms with E-state index in [0.29, 0.717) is 13.0 Å². The zero-order valence-electron chi connectivity index (χ0n) is 32.3. The molecule has 3 aromatic carbocycles. The Bertz CT molecular complexity index is 1820. The summed E-state index contributed by atoms with van der Waals surface area (Å²) in [5, 5.41) is 14.5. The van der Waals surface area contributed by atoms with Gasteiger partial charge in [0.15, 0.2) is 15.6 Å². The number of hydrogen-bond acceptors (Lipinski definition) is 9. The maximum Gasteiger partial charge on any atom is 0.305 e. The summed E-state index contributed by atoms with van der Waals surface area (Å²) in [6.07, 6.45) is 0.239. The molecule has 0 aliphatic rings. The second-order valence-electron chi connectivity index (χ2n) is 14.9. The van der Waals surface area contributed by atoms with Crippen molar-refractivity contribution in [3.05, 3.63) is 95.1 Å². The molecule has 3 aromatic rings. The number of aliphatic carboxylic acids is 1. The first-order valence-corrected chi connectivity index (χ1v) is 20.6. The minimum atomic E-state index is -3.78. The molecule has 0 spiro atoms. The Morgan fingerprint density at radius 3 is 1.98 bits per heavy atom. The van der Waals surface area contributed by atoms with Gasteiger partial charge in [-0.3, -0.25) is 19.2 Å². The van der Waals surface area contributed by atoms with Crippen LogP contribution in [-0.2, 0) is 28.9 Å². The Labute approximate surface area is 323 Å². The molecule has 0 bridgehead atoms. The van der Waals surface area contributed by atoms with Crippen LogP contribution in [0, 0.1) is 25.2 Å². The first kappa shape index (κ1) is 44.4. The zero-order chi connectivity index (χ0) is 40.1. The van der Waals surface area contributed by atoms with Gasteiger partial charge in [-0.25, -0.2) is 8.42 Å². The largest absolute Gasteiger partial charge is 0.481 e. The summed E-state index contributed by atoms with van der Waals surface area (Å²) in [5.74, 6) is -3.10. The fraction of sp³-hybridized carbons (Fsp3) is 0.463. The maximum absolute atomic E-state index is 13.8. The fourth-order valence-corrected chi connectivity index (χ4v) is 7.97. The first-order valence-electron chi connectivity index (χ1n) is 18.0. The number of ether oxygens (including phenoxy) is 2. The van der Waals surface area contributed by atoms with E-state index in [2.05, 4.69) is 10.6 Å². The molecule has 294 valence electrons. The number of carboxylic acid groups (broad SMARTS) is 1. The zero-order valence-corrected chi connectivity index (χ0v) is 33.9. The van der Waals surface area contributed by atoms with Gasteiger partial charge < -0.3 is 25.2 Å². The lowest BCUT2D eigenvalue weighted by atomic mass is 9.94. The molecule has 11 nitrogen and oxygen atoms in total. The SMILES string of the molecule is CCC(NC(=O)c1ccc(C(=O)C(CSc2ccc(C)cc2)CS(=O)(=O)c2ccc(C)cc2)cc1)C(=O)NCC(C)(C)COCC(C)(C)OCCC(=O)O. The molecule has 0 aliphatic carbocycles. The lowest BCUT2D eigenvalue weighted by molar-refractivity contribution is -0.141. The number of carbonyl (C=O) groups is 4. The normalized spacial score (nSPS) is 13.2. The van der Waals surface area contributed by atoms with E-state index in [0.717, 1.165) is 16.0 Å². The number of rotatable bonds is 22. The average molecular weight is 783 g/mol. The van der Waals surface area contributed by atoms with Gasteiger partial charge in [-0.05, 0) is 70.5 Å². The molecular weight excluding hydrogens is 729 g/mol. The van der Waals surface area contributed by atoms with Crippen molar-refractivity contribution in [1.29, 1.82) is 0 Å². The van der Waals surface area contributed by atoms with Crippen molar-refractivity contribution in [3.8, 4) is 0 Å². The van der Waals surface area contributed by atoms with E-state index in [4.69, 9.17) is 14.6 Å². The van der Waals surface area contributed by atoms with Gasteiger partial charge in [-0.2, -0.15) is 0 Å². The third-order valence-electron chi connectivity index (χ3n) is 8.60. The number of thioether (sulfide) groups is 1. The van der Waals surface area contributed by atoms with Gasteiger partial charge in [-0.1, -0.05) is 68.3 Å². The molecule has 54 heavy (non-hydrogen) atoms. The molecule has 13 heteroatoms. The Morgan fingerprint density at radius 1 is 0.833 bits per heavy atom. The predicted molar refractivity (Wildman–Crippen MR) is 211 cm³/mol. The number of benzene rings is 3. The van der Waals surface area contributed by atoms with Gasteiger partial charge in [0.1, 0.15) is 6.04 Å². The second kappa shape index (κ2) is 20.0. The van der Waals surface area contributed by atoms with Crippen molar-refractivity contribution in [1.82, 2.24) is 10.6 Å². The van der Waals surface area contributed by atoms with Crippen molar-refractivity contribution in [2.24, 2.45) is 11.3 Å². The number of amides is 2. The summed E-state index contributed by atoms with van der Waals surface area (Å²) < 4.78 is 38.3. The van der Waals surface area contributed by atoms with E-state index < -0.39 is 44.7 Å². The molecule has 0 aliphatic heterocycles. The molecule has 3 N–H and O–H groups in total. The number of Topliss-reactive ketones (excluding diaryl/α,β-unsaturated/α-hetero) is 1. The number of nitrogens with one attached hydrogen (secondary N) is 2. The Hall–Kier alpha value is -4.04. The first-order chi connectivity index (χ1) is 25.3. The minimum Gasteiger partial charge on any atom is -0.481 e. The van der Waals surface area contributed by atoms with Crippen LogP contribution in [-0.4, -0.2) is 86.6 Å². The van der Waals surface area contributed by atoms with Crippen molar-refractivity contribution < 1.29 is 42.2 Å². The number of hydrogen-bond donors (Lipinski definition) is 3. The van der Waals surface area contributed by atoms with Gasteiger partial charge in [0.25, 0.3) is 5.91 Å². The number of aryl methyl sites for hydroxylation is 2. The van der Waals surface area contributed by atoms with E-state index in [1.54, 1.807) is 31.2 Å². The second-order valence-corrected chi connectivity index (χ2v) is 18.0. The van der Waals surface area contributed by atoms with E-state index in [1.807, 2.05) is 65.8 Å². The molecule has 0 saturated carbocycles. The van der Waals surface area contributed by atoms with Crippen molar-refractivity contribution >= 4 is 45.2 Å². The minimum absolute atomic E-state index is 0.0770. The van der Waals surface area contributed by atoms with Gasteiger partial charge in [-0.15, -0.1) is 11.8 Å². The van der Waals surface area contributed by atoms with Gasteiger partial charge in [0.2, 0.25) is 5.91 Å². The van der Waals surface area contributed by atoms with E-state index >= 15 is 0 Å². The van der Waals surface area contributed by atoms with Gasteiger partial charge in [0.05, 0.1) is 42.5 Å². The number of ketones is 1. The van der Waals surface area contributed by atoms with Crippen molar-refractivity contribution in [2.45, 2.75) is 82.7 Å². The van der Waals surface area contributed by atoms with Crippen molar-refractivity contribution in [3.63, 3.8) is 0 Å². The van der Waals surface area contributed by atoms with Crippen LogP contribution in [0.3, 0.4) is 0 Å². The highest BCUT2D eigenvalue weighted by Gasteiger charge is 2.29. The lowest BCUT2D eigenvalue weighted by Crippen LogP contribution is -2.49. The molecule has 2 amide bonds. The van der Waals surface area contributed by atoms with E-state index in [-0.39, 0.29) is 65.4 Å². The van der Waals surface area contributed by atoms with Crippen LogP contribution in [0.2, 0.25) is 0 Å². The molecule has 0 heterocycles. The highest BCUT2D eigenvalue weighted by Crippen LogP contribution is 2.26. The summed E-state index contributed by atoms with van der Waals surface area (Å²) in [6, 6.07) is 19.6. The monoisotopic (exact) mass is 782 g/mol. The Balaban J connectivity index is 1.62. The number of sulfone groups is 1. The van der Waals surface area contributed by atoms with Crippen LogP contribution in [0.4, 0.5) is 0 Å². The third-order valence-corrected chi connectivity index (χ3v) is 11.6. The highest BCUT2D eigenvalue weighted by atomic mass is 32.2. The smallest absolute Gasteiger partial charge is 0.305 e. The van der Waals surface area contributed by atoms with Crippen LogP contribution in [0.25, 0.3) is 0 Å². The standard InChI is InChI=1S/C41H54N2O9S2/c1-8-35(39(48)42-25-40(4,5)26-51-27-41(6,7)52-22-21-36(44)45)43-38(47)31-15-13-30(14-16-31)37(46)32(23-53-33-17-9-28(2)10-18-33)24-54(49,50)34-19-11-29(3)12-20-34/h9-20,32,35H,8,21-27H2,1-7H3,(H,42,48)(H,43,47)(H,44,45). The number of carboxylic acids is 1. The maximum atomic E-state index is 13.8. The molecule has 2 atom stereocenters. The third kappa shape index (κ3) is 14.7. The highest BCUT2D eigenvalue weighted by molar-refractivity contribution is 7.99. The topological polar surface area (TPSA) is 165 Å². The van der Waals surface area contributed by atoms with Crippen LogP contribution < -0.4 is 10.6 Å². The van der Waals surface area contributed by atoms with Crippen LogP contribution in [0.1, 0.15) is 79.3 Å². The summed E-state index contributed by atoms with van der Waals surface area (Å²) in [7, 11) is -3.78. The summed E-state index contributed by atoms with van der Waals surface area (Å²) in [6.45, 7) is 14.0. The van der Waals surface area contributed by atoms with Crippen LogP contribution in [0.15, 0.2) is 82.6 Å². The molecule has 0 fully saturated rings. The van der Waals surface area contributed by atoms with Crippen molar-refractivity contribution in [2.75, 3.05) is 37.9 Å². The molecule has 0 aromatic heterocycles. The lowest BCUT2D eigenvalue weighted by Gasteiger charge is -2.30. The van der Waals surface area contributed by atoms with E-state index in [9.17, 15) is 27.6 Å². The molecule has 0 radical (unpaired) electrons.